The maximum atomic E-state index is 14.0. The number of rotatable bonds is 6. The fourth-order valence-corrected chi connectivity index (χ4v) is 2.18. The molecule has 5 heteroatoms. The van der Waals surface area contributed by atoms with E-state index in [4.69, 9.17) is 5.11 Å². The Kier molecular flexibility index (Phi) is 5.62. The molecule has 1 N–H and O–H groups in total. The molecule has 0 aliphatic rings. The highest BCUT2D eigenvalue weighted by atomic mass is 19.1. The van der Waals surface area contributed by atoms with E-state index < -0.39 is 23.6 Å². The van der Waals surface area contributed by atoms with Gasteiger partial charge in [-0.3, -0.25) is 9.69 Å². The van der Waals surface area contributed by atoms with Gasteiger partial charge in [-0.1, -0.05) is 13.8 Å². The van der Waals surface area contributed by atoms with Crippen LogP contribution >= 0.6 is 0 Å². The second-order valence-electron chi connectivity index (χ2n) is 5.52. The summed E-state index contributed by atoms with van der Waals surface area (Å²) in [6.07, 6.45) is 0. The van der Waals surface area contributed by atoms with Gasteiger partial charge in [0.05, 0.1) is 6.54 Å². The van der Waals surface area contributed by atoms with Crippen molar-refractivity contribution in [3.05, 3.63) is 34.9 Å². The number of hydrogen-bond acceptors (Lipinski definition) is 2. The second-order valence-corrected chi connectivity index (χ2v) is 5.52. The van der Waals surface area contributed by atoms with Gasteiger partial charge < -0.3 is 5.11 Å². The van der Waals surface area contributed by atoms with Crippen molar-refractivity contribution in [1.82, 2.24) is 4.90 Å². The van der Waals surface area contributed by atoms with Crippen LogP contribution in [-0.2, 0) is 4.79 Å². The van der Waals surface area contributed by atoms with Crippen LogP contribution in [0.4, 0.5) is 8.78 Å². The summed E-state index contributed by atoms with van der Waals surface area (Å²) >= 11 is 0. The molecular formula is C15H21F2NO2. The fourth-order valence-electron chi connectivity index (χ4n) is 2.18. The summed E-state index contributed by atoms with van der Waals surface area (Å²) in [4.78, 5) is 12.6. The molecule has 0 bridgehead atoms. The SMILES string of the molecule is Cc1cc(F)c(C(C)N(CC(=O)O)CC(C)C)cc1F. The number of aryl methyl sites for hydroxylation is 1. The van der Waals surface area contributed by atoms with E-state index >= 15 is 0 Å². The lowest BCUT2D eigenvalue weighted by Crippen LogP contribution is -2.35. The largest absolute Gasteiger partial charge is 0.480 e. The quantitative estimate of drug-likeness (QED) is 0.871. The predicted octanol–water partition coefficient (Wildman–Crippen LogP) is 3.38. The number of halogens is 2. The van der Waals surface area contributed by atoms with Gasteiger partial charge in [-0.05, 0) is 37.5 Å². The third-order valence-electron chi connectivity index (χ3n) is 3.21. The molecule has 0 aliphatic heterocycles. The van der Waals surface area contributed by atoms with Crippen molar-refractivity contribution >= 4 is 5.97 Å². The molecule has 1 aromatic rings. The van der Waals surface area contributed by atoms with Crippen LogP contribution < -0.4 is 0 Å². The second kappa shape index (κ2) is 6.79. The van der Waals surface area contributed by atoms with E-state index in [-0.39, 0.29) is 23.6 Å². The minimum Gasteiger partial charge on any atom is -0.480 e. The number of aliphatic carboxylic acids is 1. The zero-order valence-electron chi connectivity index (χ0n) is 12.3. The number of carboxylic acids is 1. The molecule has 0 fully saturated rings. The van der Waals surface area contributed by atoms with E-state index in [0.29, 0.717) is 6.54 Å². The highest BCUT2D eigenvalue weighted by molar-refractivity contribution is 5.69. The third kappa shape index (κ3) is 4.27. The van der Waals surface area contributed by atoms with Crippen molar-refractivity contribution in [1.29, 1.82) is 0 Å². The number of benzene rings is 1. The van der Waals surface area contributed by atoms with Crippen molar-refractivity contribution in [2.45, 2.75) is 33.7 Å². The van der Waals surface area contributed by atoms with Gasteiger partial charge in [-0.15, -0.1) is 0 Å². The first kappa shape index (κ1) is 16.6. The number of nitrogens with zero attached hydrogens (tertiary/aromatic N) is 1. The van der Waals surface area contributed by atoms with Gasteiger partial charge in [-0.25, -0.2) is 8.78 Å². The molecule has 0 saturated heterocycles. The van der Waals surface area contributed by atoms with E-state index in [9.17, 15) is 13.6 Å². The molecule has 1 atom stereocenters. The van der Waals surface area contributed by atoms with Crippen molar-refractivity contribution in [3.63, 3.8) is 0 Å². The van der Waals surface area contributed by atoms with Crippen LogP contribution in [0.1, 0.15) is 37.9 Å². The van der Waals surface area contributed by atoms with Crippen molar-refractivity contribution in [2.75, 3.05) is 13.1 Å². The van der Waals surface area contributed by atoms with Gasteiger partial charge in [0.2, 0.25) is 0 Å². The van der Waals surface area contributed by atoms with Crippen LogP contribution in [0.5, 0.6) is 0 Å². The van der Waals surface area contributed by atoms with E-state index in [1.807, 2.05) is 13.8 Å². The lowest BCUT2D eigenvalue weighted by atomic mass is 10.0. The maximum Gasteiger partial charge on any atom is 0.317 e. The van der Waals surface area contributed by atoms with E-state index in [2.05, 4.69) is 0 Å². The van der Waals surface area contributed by atoms with Crippen molar-refractivity contribution in [2.24, 2.45) is 5.92 Å². The van der Waals surface area contributed by atoms with Crippen LogP contribution in [0.25, 0.3) is 0 Å². The topological polar surface area (TPSA) is 40.5 Å². The standard InChI is InChI=1S/C15H21F2NO2/c1-9(2)7-18(8-15(19)20)11(4)12-6-13(16)10(3)5-14(12)17/h5-6,9,11H,7-8H2,1-4H3,(H,19,20). The Morgan fingerprint density at radius 1 is 1.25 bits per heavy atom. The molecular weight excluding hydrogens is 264 g/mol. The summed E-state index contributed by atoms with van der Waals surface area (Å²) in [6, 6.07) is 1.81. The average molecular weight is 285 g/mol. The lowest BCUT2D eigenvalue weighted by molar-refractivity contribution is -0.139. The highest BCUT2D eigenvalue weighted by Crippen LogP contribution is 2.26. The zero-order valence-corrected chi connectivity index (χ0v) is 12.3. The molecule has 1 aromatic carbocycles. The summed E-state index contributed by atoms with van der Waals surface area (Å²) < 4.78 is 27.6. The first-order valence-corrected chi connectivity index (χ1v) is 6.63. The van der Waals surface area contributed by atoms with E-state index in [0.717, 1.165) is 12.1 Å². The smallest absolute Gasteiger partial charge is 0.317 e. The minimum absolute atomic E-state index is 0.190. The van der Waals surface area contributed by atoms with Gasteiger partial charge in [0, 0.05) is 18.2 Å². The summed E-state index contributed by atoms with van der Waals surface area (Å²) in [5.74, 6) is -1.73. The molecule has 0 aliphatic carbocycles. The Labute approximate surface area is 118 Å². The van der Waals surface area contributed by atoms with Crippen LogP contribution in [0.15, 0.2) is 12.1 Å². The van der Waals surface area contributed by atoms with Gasteiger partial charge in [0.1, 0.15) is 11.6 Å². The van der Waals surface area contributed by atoms with Gasteiger partial charge >= 0.3 is 5.97 Å². The molecule has 0 amide bonds. The van der Waals surface area contributed by atoms with Gasteiger partial charge in [0.25, 0.3) is 0 Å². The monoisotopic (exact) mass is 285 g/mol. The summed E-state index contributed by atoms with van der Waals surface area (Å²) in [7, 11) is 0. The third-order valence-corrected chi connectivity index (χ3v) is 3.21. The summed E-state index contributed by atoms with van der Waals surface area (Å²) in [6.45, 7) is 7.40. The Balaban J connectivity index is 3.07. The molecule has 112 valence electrons. The van der Waals surface area contributed by atoms with E-state index in [1.165, 1.54) is 6.92 Å². The molecule has 20 heavy (non-hydrogen) atoms. The van der Waals surface area contributed by atoms with Crippen LogP contribution in [-0.4, -0.2) is 29.1 Å². The maximum absolute atomic E-state index is 14.0. The Morgan fingerprint density at radius 2 is 1.85 bits per heavy atom. The molecule has 0 radical (unpaired) electrons. The first-order valence-electron chi connectivity index (χ1n) is 6.63. The van der Waals surface area contributed by atoms with Crippen molar-refractivity contribution < 1.29 is 18.7 Å². The highest BCUT2D eigenvalue weighted by Gasteiger charge is 2.23. The van der Waals surface area contributed by atoms with Crippen LogP contribution in [0.2, 0.25) is 0 Å². The van der Waals surface area contributed by atoms with Crippen LogP contribution in [0.3, 0.4) is 0 Å². The predicted molar refractivity (Wildman–Crippen MR) is 73.6 cm³/mol. The average Bonchev–Trinajstić information content (AvgIpc) is 2.31. The van der Waals surface area contributed by atoms with Gasteiger partial charge in [0.15, 0.2) is 0 Å². The Hall–Kier alpha value is -1.49. The molecule has 1 rings (SSSR count). The zero-order chi connectivity index (χ0) is 15.4. The first-order chi connectivity index (χ1) is 9.22. The molecule has 0 saturated carbocycles. The van der Waals surface area contributed by atoms with E-state index in [1.54, 1.807) is 11.8 Å². The fraction of sp³-hybridized carbons (Fsp3) is 0.533. The molecule has 0 aromatic heterocycles. The van der Waals surface area contributed by atoms with Crippen LogP contribution in [0, 0.1) is 24.5 Å². The summed E-state index contributed by atoms with van der Waals surface area (Å²) in [5, 5.41) is 8.95. The molecule has 1 unspecified atom stereocenters. The number of carbonyl (C=O) groups is 1. The molecule has 3 nitrogen and oxygen atoms in total. The van der Waals surface area contributed by atoms with Crippen molar-refractivity contribution in [3.8, 4) is 0 Å². The number of hydrogen-bond donors (Lipinski definition) is 1. The normalized spacial score (nSPS) is 13.0. The lowest BCUT2D eigenvalue weighted by Gasteiger charge is -2.29. The Morgan fingerprint density at radius 3 is 2.35 bits per heavy atom. The number of carboxylic acid groups (broad SMARTS) is 1. The molecule has 0 heterocycles. The minimum atomic E-state index is -0.981. The summed E-state index contributed by atoms with van der Waals surface area (Å²) in [5.41, 5.74) is 0.432. The Bertz CT molecular complexity index is 489. The molecule has 0 spiro atoms. The van der Waals surface area contributed by atoms with Gasteiger partial charge in [-0.2, -0.15) is 0 Å².